The number of hydrogen-bond acceptors (Lipinski definition) is 4. The number of H-pyrrole nitrogens is 1. The van der Waals surface area contributed by atoms with Crippen molar-refractivity contribution in [3.8, 4) is 0 Å². The summed E-state index contributed by atoms with van der Waals surface area (Å²) in [5.41, 5.74) is 3.51. The van der Waals surface area contributed by atoms with Gasteiger partial charge in [-0.25, -0.2) is 4.79 Å². The van der Waals surface area contributed by atoms with E-state index in [4.69, 9.17) is 16.3 Å². The van der Waals surface area contributed by atoms with E-state index in [1.54, 1.807) is 13.0 Å². The molecular weight excluding hydrogens is 378 g/mol. The van der Waals surface area contributed by atoms with E-state index in [1.165, 1.54) is 0 Å². The number of aromatic nitrogens is 1. The normalized spacial score (nSPS) is 25.4. The molecule has 0 bridgehead atoms. The molecule has 0 saturated heterocycles. The van der Waals surface area contributed by atoms with Crippen LogP contribution in [0.15, 0.2) is 42.5 Å². The summed E-state index contributed by atoms with van der Waals surface area (Å²) in [5.74, 6) is -0.460. The first kappa shape index (κ1) is 17.6. The van der Waals surface area contributed by atoms with Crippen molar-refractivity contribution in [2.75, 3.05) is 18.5 Å². The number of para-hydroxylation sites is 1. The van der Waals surface area contributed by atoms with Crippen LogP contribution >= 0.6 is 11.6 Å². The molecule has 0 fully saturated rings. The molecule has 3 aromatic rings. The Bertz CT molecular complexity index is 1100. The van der Waals surface area contributed by atoms with Crippen LogP contribution in [0, 0.1) is 5.21 Å². The number of aromatic amines is 1. The molecule has 3 N–H and O–H groups in total. The summed E-state index contributed by atoms with van der Waals surface area (Å²) in [6, 6.07) is 12.6. The Labute approximate surface area is 167 Å². The highest BCUT2D eigenvalue weighted by Crippen LogP contribution is 2.43. The highest BCUT2D eigenvalue weighted by Gasteiger charge is 2.56. The predicted molar refractivity (Wildman–Crippen MR) is 107 cm³/mol. The van der Waals surface area contributed by atoms with Crippen molar-refractivity contribution < 1.29 is 14.6 Å². The van der Waals surface area contributed by atoms with Gasteiger partial charge in [-0.05, 0) is 36.8 Å². The second kappa shape index (κ2) is 6.24. The summed E-state index contributed by atoms with van der Waals surface area (Å²) in [7, 11) is 0. The molecule has 5 rings (SSSR count). The first-order valence-electron chi connectivity index (χ1n) is 9.41. The molecule has 1 spiro atoms. The molecule has 7 heteroatoms. The van der Waals surface area contributed by atoms with Crippen LogP contribution in [0.5, 0.6) is 0 Å². The predicted octanol–water partition coefficient (Wildman–Crippen LogP) is 2.36. The maximum atomic E-state index is 13.8. The molecule has 3 heterocycles. The number of carbonyl (C=O) groups excluding carboxylic acids is 1. The summed E-state index contributed by atoms with van der Waals surface area (Å²) in [6.07, 6.45) is 0.342. The quantitative estimate of drug-likeness (QED) is 0.458. The Morgan fingerprint density at radius 3 is 3.00 bits per heavy atom. The van der Waals surface area contributed by atoms with Crippen molar-refractivity contribution in [3.05, 3.63) is 69.5 Å². The number of fused-ring (bicyclic) bond motifs is 6. The second-order valence-electron chi connectivity index (χ2n) is 7.35. The first-order valence-corrected chi connectivity index (χ1v) is 9.79. The van der Waals surface area contributed by atoms with E-state index in [-0.39, 0.29) is 11.7 Å². The number of hydrogen-bond donors (Lipinski definition) is 3. The Morgan fingerprint density at radius 2 is 2.18 bits per heavy atom. The molecule has 3 atom stereocenters. The fourth-order valence-corrected chi connectivity index (χ4v) is 4.89. The lowest BCUT2D eigenvalue weighted by Gasteiger charge is -2.47. The van der Waals surface area contributed by atoms with Gasteiger partial charge >= 0.3 is 5.97 Å². The van der Waals surface area contributed by atoms with E-state index in [9.17, 15) is 10.0 Å². The van der Waals surface area contributed by atoms with E-state index in [1.807, 2.05) is 36.4 Å². The molecule has 0 radical (unpaired) electrons. The van der Waals surface area contributed by atoms with E-state index in [0.29, 0.717) is 18.0 Å². The highest BCUT2D eigenvalue weighted by molar-refractivity contribution is 6.30. The number of halogens is 1. The van der Waals surface area contributed by atoms with Gasteiger partial charge in [-0.2, -0.15) is 0 Å². The first-order chi connectivity index (χ1) is 13.6. The van der Waals surface area contributed by atoms with E-state index >= 15 is 0 Å². The van der Waals surface area contributed by atoms with Crippen molar-refractivity contribution in [3.63, 3.8) is 0 Å². The van der Waals surface area contributed by atoms with Crippen molar-refractivity contribution in [2.24, 2.45) is 0 Å². The Morgan fingerprint density at radius 1 is 1.36 bits per heavy atom. The number of hydroxylamine groups is 2. The van der Waals surface area contributed by atoms with Gasteiger partial charge in [0.25, 0.3) is 0 Å². The Hall–Kier alpha value is -2.54. The van der Waals surface area contributed by atoms with Crippen LogP contribution in [-0.2, 0) is 21.5 Å². The lowest BCUT2D eigenvalue weighted by molar-refractivity contribution is -0.923. The van der Waals surface area contributed by atoms with Crippen LogP contribution in [0.2, 0.25) is 5.02 Å². The van der Waals surface area contributed by atoms with Gasteiger partial charge in [-0.3, -0.25) is 0 Å². The van der Waals surface area contributed by atoms with Crippen LogP contribution in [0.4, 0.5) is 5.69 Å². The maximum absolute atomic E-state index is 13.8. The zero-order valence-electron chi connectivity index (χ0n) is 15.3. The smallest absolute Gasteiger partial charge is 0.365 e. The van der Waals surface area contributed by atoms with Gasteiger partial charge in [0.2, 0.25) is 0 Å². The van der Waals surface area contributed by atoms with Crippen molar-refractivity contribution in [1.82, 2.24) is 4.98 Å². The van der Waals surface area contributed by atoms with Gasteiger partial charge in [-0.15, -0.1) is 0 Å². The number of quaternary nitrogens is 1. The number of ether oxygens (including phenoxy) is 1. The molecule has 1 aromatic heterocycles. The van der Waals surface area contributed by atoms with Gasteiger partial charge in [0, 0.05) is 33.6 Å². The highest BCUT2D eigenvalue weighted by atomic mass is 35.5. The summed E-state index contributed by atoms with van der Waals surface area (Å²) in [6.45, 7) is 2.39. The number of nitrogens with one attached hydrogen (secondary N) is 3. The molecule has 6 nitrogen and oxygen atoms in total. The third-order valence-electron chi connectivity index (χ3n) is 5.94. The molecule has 144 valence electrons. The van der Waals surface area contributed by atoms with E-state index < -0.39 is 17.6 Å². The summed E-state index contributed by atoms with van der Waals surface area (Å²) in [4.78, 5) is 16.2. The van der Waals surface area contributed by atoms with Crippen molar-refractivity contribution in [2.45, 2.75) is 24.9 Å². The molecule has 0 aliphatic carbocycles. The van der Waals surface area contributed by atoms with Gasteiger partial charge < -0.3 is 25.3 Å². The molecular formula is C21H20ClN3O3. The third-order valence-corrected chi connectivity index (χ3v) is 6.18. The zero-order chi connectivity index (χ0) is 19.5. The van der Waals surface area contributed by atoms with Crippen LogP contribution < -0.4 is 10.4 Å². The van der Waals surface area contributed by atoms with Crippen LogP contribution in [0.25, 0.3) is 10.9 Å². The summed E-state index contributed by atoms with van der Waals surface area (Å²) < 4.78 is 5.25. The van der Waals surface area contributed by atoms with Gasteiger partial charge in [0.05, 0.1) is 18.8 Å². The molecule has 0 saturated carbocycles. The summed E-state index contributed by atoms with van der Waals surface area (Å²) in [5, 5.41) is 18.6. The number of esters is 1. The maximum Gasteiger partial charge on any atom is 0.365 e. The molecule has 0 amide bonds. The monoisotopic (exact) mass is 397 g/mol. The van der Waals surface area contributed by atoms with E-state index in [0.717, 1.165) is 33.4 Å². The minimum absolute atomic E-state index is 0.140. The zero-order valence-corrected chi connectivity index (χ0v) is 16.1. The molecule has 2 aliphatic rings. The van der Waals surface area contributed by atoms with Crippen LogP contribution in [0.3, 0.4) is 0 Å². The average molecular weight is 398 g/mol. The molecule has 2 aromatic carbocycles. The number of anilines is 1. The van der Waals surface area contributed by atoms with E-state index in [2.05, 4.69) is 10.3 Å². The largest absolute Gasteiger partial charge is 0.633 e. The van der Waals surface area contributed by atoms with Gasteiger partial charge in [0.1, 0.15) is 0 Å². The van der Waals surface area contributed by atoms with Gasteiger partial charge in [0.15, 0.2) is 11.6 Å². The third kappa shape index (κ3) is 2.25. The number of benzene rings is 2. The molecule has 2 aliphatic heterocycles. The van der Waals surface area contributed by atoms with Crippen molar-refractivity contribution in [1.29, 1.82) is 0 Å². The fraction of sp³-hybridized carbons (Fsp3) is 0.286. The topological polar surface area (TPSA) is 81.6 Å². The van der Waals surface area contributed by atoms with Crippen LogP contribution in [0.1, 0.15) is 23.7 Å². The lowest BCUT2D eigenvalue weighted by Crippen LogP contribution is -3.21. The Balaban J connectivity index is 1.79. The standard InChI is InChI=1S/C21H20ClN3O3/c1-2-28-20(26)18-10-14-13-5-3-4-6-16(13)24-19(14)21(25(18)27)11-23-17-8-7-12(22)9-15(17)21/h3-9,18,23-25H,2,10-11H2,1H3/t18-,21-/m1/s1. The number of rotatable bonds is 2. The minimum Gasteiger partial charge on any atom is -0.633 e. The lowest BCUT2D eigenvalue weighted by atomic mass is 9.79. The fourth-order valence-electron chi connectivity index (χ4n) is 4.72. The molecule has 1 unspecified atom stereocenters. The van der Waals surface area contributed by atoms with Crippen LogP contribution in [-0.4, -0.2) is 30.1 Å². The summed E-state index contributed by atoms with van der Waals surface area (Å²) >= 11 is 6.29. The number of carbonyl (C=O) groups is 1. The molecule has 28 heavy (non-hydrogen) atoms. The Kier molecular flexibility index (Phi) is 3.91. The average Bonchev–Trinajstić information content (AvgIpc) is 3.24. The SMILES string of the molecule is CCOC(=O)[C@H]1Cc2c([nH]c3ccccc23)[C@]2(CNc3ccc(Cl)cc32)[NH+]1[O-]. The second-order valence-corrected chi connectivity index (χ2v) is 7.78. The minimum atomic E-state index is -0.982. The van der Waals surface area contributed by atoms with Gasteiger partial charge in [-0.1, -0.05) is 29.8 Å². The van der Waals surface area contributed by atoms with Crippen molar-refractivity contribution >= 4 is 34.2 Å².